The molecule has 20 heavy (non-hydrogen) atoms. The summed E-state index contributed by atoms with van der Waals surface area (Å²) in [4.78, 5) is 35.1. The highest BCUT2D eigenvalue weighted by Crippen LogP contribution is 2.02. The normalized spacial score (nSPS) is 9.70. The van der Waals surface area contributed by atoms with Crippen molar-refractivity contribution in [3.63, 3.8) is 0 Å². The fraction of sp³-hybridized carbons (Fsp3) is 0.357. The number of ketones is 1. The van der Waals surface area contributed by atoms with Crippen molar-refractivity contribution in [3.8, 4) is 0 Å². The molecular weight excluding hydrogens is 262 g/mol. The topological polar surface area (TPSA) is 72.9 Å². The molecule has 0 aromatic heterocycles. The number of benzene rings is 1. The van der Waals surface area contributed by atoms with Gasteiger partial charge < -0.3 is 14.4 Å². The van der Waals surface area contributed by atoms with Gasteiger partial charge in [-0.15, -0.1) is 0 Å². The van der Waals surface area contributed by atoms with E-state index in [4.69, 9.17) is 4.74 Å². The van der Waals surface area contributed by atoms with Crippen LogP contribution >= 0.6 is 0 Å². The maximum absolute atomic E-state index is 11.6. The van der Waals surface area contributed by atoms with Crippen LogP contribution in [0.3, 0.4) is 0 Å². The summed E-state index contributed by atoms with van der Waals surface area (Å²) in [5.74, 6) is -1.03. The summed E-state index contributed by atoms with van der Waals surface area (Å²) in [5.41, 5.74) is 0.857. The van der Waals surface area contributed by atoms with E-state index < -0.39 is 17.8 Å². The molecule has 0 atom stereocenters. The molecule has 0 heterocycles. The van der Waals surface area contributed by atoms with E-state index in [1.807, 2.05) is 30.3 Å². The molecule has 0 aliphatic heterocycles. The number of ether oxygens (including phenoxy) is 2. The van der Waals surface area contributed by atoms with Crippen molar-refractivity contribution < 1.29 is 23.9 Å². The molecular formula is C14H17NO5. The van der Waals surface area contributed by atoms with E-state index in [-0.39, 0.29) is 19.6 Å². The number of esters is 1. The number of nitrogens with zero attached hydrogens (tertiary/aromatic N) is 1. The van der Waals surface area contributed by atoms with Crippen LogP contribution in [0.15, 0.2) is 30.3 Å². The quantitative estimate of drug-likeness (QED) is 0.581. The molecule has 0 fully saturated rings. The predicted molar refractivity (Wildman–Crippen MR) is 70.9 cm³/mol. The molecule has 0 bridgehead atoms. The van der Waals surface area contributed by atoms with E-state index in [1.165, 1.54) is 14.2 Å². The van der Waals surface area contributed by atoms with Crippen LogP contribution in [0.1, 0.15) is 12.0 Å². The van der Waals surface area contributed by atoms with Gasteiger partial charge in [-0.3, -0.25) is 9.59 Å². The van der Waals surface area contributed by atoms with Gasteiger partial charge in [0.15, 0.2) is 5.78 Å². The highest BCUT2D eigenvalue weighted by atomic mass is 16.6. The molecule has 0 aliphatic carbocycles. The fourth-order valence-corrected chi connectivity index (χ4v) is 1.45. The van der Waals surface area contributed by atoms with Gasteiger partial charge in [0, 0.05) is 7.05 Å². The number of Topliss-reactive ketones (excluding diaryl/α,β-unsaturated/α-hetero) is 1. The van der Waals surface area contributed by atoms with Gasteiger partial charge in [0.2, 0.25) is 0 Å². The van der Waals surface area contributed by atoms with E-state index >= 15 is 0 Å². The molecule has 6 heteroatoms. The first-order valence-electron chi connectivity index (χ1n) is 6.03. The maximum atomic E-state index is 11.6. The Kier molecular flexibility index (Phi) is 6.22. The van der Waals surface area contributed by atoms with Crippen molar-refractivity contribution >= 4 is 17.8 Å². The average Bonchev–Trinajstić information content (AvgIpc) is 2.45. The zero-order valence-corrected chi connectivity index (χ0v) is 11.5. The summed E-state index contributed by atoms with van der Waals surface area (Å²) in [5, 5.41) is 0. The van der Waals surface area contributed by atoms with Gasteiger partial charge in [0.1, 0.15) is 13.0 Å². The minimum atomic E-state index is -0.624. The van der Waals surface area contributed by atoms with Gasteiger partial charge in [0.25, 0.3) is 0 Å². The number of amides is 1. The molecule has 0 aliphatic rings. The third kappa shape index (κ3) is 5.51. The number of likely N-dealkylation sites (N-methyl/N-ethyl adjacent to an activating group) is 1. The lowest BCUT2D eigenvalue weighted by Gasteiger charge is -2.15. The Morgan fingerprint density at radius 1 is 1.15 bits per heavy atom. The summed E-state index contributed by atoms with van der Waals surface area (Å²) in [6.45, 7) is -0.0576. The lowest BCUT2D eigenvalue weighted by molar-refractivity contribution is -0.143. The number of carbonyl (C=O) groups is 3. The second-order valence-corrected chi connectivity index (χ2v) is 4.19. The first-order valence-corrected chi connectivity index (χ1v) is 6.03. The first-order chi connectivity index (χ1) is 9.52. The van der Waals surface area contributed by atoms with Crippen LogP contribution in [0.2, 0.25) is 0 Å². The zero-order valence-electron chi connectivity index (χ0n) is 11.5. The van der Waals surface area contributed by atoms with E-state index in [9.17, 15) is 14.4 Å². The van der Waals surface area contributed by atoms with Crippen LogP contribution in [0.4, 0.5) is 4.79 Å². The van der Waals surface area contributed by atoms with E-state index in [0.717, 1.165) is 10.5 Å². The maximum Gasteiger partial charge on any atom is 0.410 e. The van der Waals surface area contributed by atoms with Crippen LogP contribution in [0.25, 0.3) is 0 Å². The SMILES string of the molecule is COC(=O)CC(=O)CN(C)C(=O)OCc1ccccc1. The van der Waals surface area contributed by atoms with Gasteiger partial charge in [0.05, 0.1) is 13.7 Å². The first kappa shape index (κ1) is 15.7. The molecule has 1 amide bonds. The summed E-state index contributed by atoms with van der Waals surface area (Å²) >= 11 is 0. The number of rotatable bonds is 6. The van der Waals surface area contributed by atoms with Gasteiger partial charge >= 0.3 is 12.1 Å². The molecule has 0 saturated carbocycles. The third-order valence-electron chi connectivity index (χ3n) is 2.50. The molecule has 1 aromatic carbocycles. The summed E-state index contributed by atoms with van der Waals surface area (Å²) in [7, 11) is 2.63. The molecule has 108 valence electrons. The molecule has 1 aromatic rings. The van der Waals surface area contributed by atoms with Crippen molar-refractivity contribution in [1.82, 2.24) is 4.90 Å². The van der Waals surface area contributed by atoms with Gasteiger partial charge in [-0.25, -0.2) is 4.79 Å². The largest absolute Gasteiger partial charge is 0.469 e. The van der Waals surface area contributed by atoms with Crippen LogP contribution in [0.5, 0.6) is 0 Å². The second-order valence-electron chi connectivity index (χ2n) is 4.19. The minimum Gasteiger partial charge on any atom is -0.469 e. The molecule has 0 unspecified atom stereocenters. The van der Waals surface area contributed by atoms with Crippen LogP contribution in [-0.4, -0.2) is 43.4 Å². The Morgan fingerprint density at radius 3 is 2.40 bits per heavy atom. The van der Waals surface area contributed by atoms with E-state index in [2.05, 4.69) is 4.74 Å². The Bertz CT molecular complexity index is 472. The van der Waals surface area contributed by atoms with Crippen molar-refractivity contribution in [2.24, 2.45) is 0 Å². The molecule has 0 radical (unpaired) electrons. The fourth-order valence-electron chi connectivity index (χ4n) is 1.45. The molecule has 0 spiro atoms. The van der Waals surface area contributed by atoms with Crippen LogP contribution in [0, 0.1) is 0 Å². The number of methoxy groups -OCH3 is 1. The minimum absolute atomic E-state index is 0.134. The van der Waals surface area contributed by atoms with E-state index in [0.29, 0.717) is 0 Å². The number of carbonyl (C=O) groups excluding carboxylic acids is 3. The summed E-state index contributed by atoms with van der Waals surface area (Å²) in [6, 6.07) is 9.20. The van der Waals surface area contributed by atoms with Crippen molar-refractivity contribution in [3.05, 3.63) is 35.9 Å². The van der Waals surface area contributed by atoms with Crippen molar-refractivity contribution in [2.75, 3.05) is 20.7 Å². The lowest BCUT2D eigenvalue weighted by Crippen LogP contribution is -2.33. The molecule has 0 N–H and O–H groups in total. The Hall–Kier alpha value is -2.37. The van der Waals surface area contributed by atoms with Crippen LogP contribution in [-0.2, 0) is 25.7 Å². The number of hydrogen-bond donors (Lipinski definition) is 0. The number of hydrogen-bond acceptors (Lipinski definition) is 5. The lowest BCUT2D eigenvalue weighted by atomic mass is 10.2. The molecule has 1 rings (SSSR count). The van der Waals surface area contributed by atoms with E-state index in [1.54, 1.807) is 0 Å². The molecule has 0 saturated heterocycles. The van der Waals surface area contributed by atoms with Gasteiger partial charge in [-0.2, -0.15) is 0 Å². The van der Waals surface area contributed by atoms with Gasteiger partial charge in [-0.1, -0.05) is 30.3 Å². The highest BCUT2D eigenvalue weighted by Gasteiger charge is 2.16. The predicted octanol–water partition coefficient (Wildman–Crippen LogP) is 1.39. The smallest absolute Gasteiger partial charge is 0.410 e. The third-order valence-corrected chi connectivity index (χ3v) is 2.50. The summed E-state index contributed by atoms with van der Waals surface area (Å²) < 4.78 is 9.41. The Labute approximate surface area is 117 Å². The van der Waals surface area contributed by atoms with Crippen molar-refractivity contribution in [1.29, 1.82) is 0 Å². The standard InChI is InChI=1S/C14H17NO5/c1-15(9-12(16)8-13(17)19-2)14(18)20-10-11-6-4-3-5-7-11/h3-7H,8-10H2,1-2H3. The highest BCUT2D eigenvalue weighted by molar-refractivity contribution is 5.97. The second kappa shape index (κ2) is 7.93. The van der Waals surface area contributed by atoms with Crippen LogP contribution < -0.4 is 0 Å². The van der Waals surface area contributed by atoms with Gasteiger partial charge in [-0.05, 0) is 5.56 Å². The molecule has 6 nitrogen and oxygen atoms in total. The average molecular weight is 279 g/mol. The Balaban J connectivity index is 2.35. The monoisotopic (exact) mass is 279 g/mol. The Morgan fingerprint density at radius 2 is 1.80 bits per heavy atom. The summed E-state index contributed by atoms with van der Waals surface area (Å²) in [6.07, 6.45) is -0.973. The van der Waals surface area contributed by atoms with Crippen molar-refractivity contribution in [2.45, 2.75) is 13.0 Å². The zero-order chi connectivity index (χ0) is 15.0.